The quantitative estimate of drug-likeness (QED) is 0.750. The minimum Gasteiger partial charge on any atom is -0.478 e. The number of aromatic nitrogens is 1. The lowest BCUT2D eigenvalue weighted by molar-refractivity contribution is 0.00592. The van der Waals surface area contributed by atoms with E-state index in [0.29, 0.717) is 0 Å². The smallest absolute Gasteiger partial charge is 0.337 e. The van der Waals surface area contributed by atoms with Crippen molar-refractivity contribution in [3.63, 3.8) is 0 Å². The third-order valence-corrected chi connectivity index (χ3v) is 4.93. The standard InChI is InChI=1S/C19H20N2O4/c22-12-19(9-4-10-19)16(13-5-2-1-3-6-13)21-17(23)15-8-7-14(11-20-15)18(24)25/h1-3,5-8,11,16,22H,4,9-10,12H2,(H,21,23)(H,24,25). The van der Waals surface area contributed by atoms with Crippen molar-refractivity contribution in [3.8, 4) is 0 Å². The van der Waals surface area contributed by atoms with Crippen molar-refractivity contribution in [3.05, 3.63) is 65.5 Å². The van der Waals surface area contributed by atoms with Gasteiger partial charge in [-0.3, -0.25) is 9.78 Å². The van der Waals surface area contributed by atoms with Crippen LogP contribution in [0.1, 0.15) is 51.7 Å². The summed E-state index contributed by atoms with van der Waals surface area (Å²) in [6.07, 6.45) is 3.87. The van der Waals surface area contributed by atoms with E-state index in [2.05, 4.69) is 10.3 Å². The fourth-order valence-corrected chi connectivity index (χ4v) is 3.26. The van der Waals surface area contributed by atoms with E-state index in [1.54, 1.807) is 0 Å². The molecule has 1 aromatic heterocycles. The van der Waals surface area contributed by atoms with Gasteiger partial charge in [0.05, 0.1) is 18.2 Å². The normalized spacial score (nSPS) is 16.5. The molecule has 1 amide bonds. The van der Waals surface area contributed by atoms with Crippen molar-refractivity contribution in [1.29, 1.82) is 0 Å². The molecule has 1 aliphatic carbocycles. The lowest BCUT2D eigenvalue weighted by Gasteiger charge is -2.47. The van der Waals surface area contributed by atoms with Crippen molar-refractivity contribution in [2.75, 3.05) is 6.61 Å². The number of carbonyl (C=O) groups excluding carboxylic acids is 1. The van der Waals surface area contributed by atoms with Gasteiger partial charge in [-0.1, -0.05) is 36.8 Å². The van der Waals surface area contributed by atoms with Gasteiger partial charge in [-0.05, 0) is 30.5 Å². The number of pyridine rings is 1. The molecule has 1 aliphatic rings. The summed E-state index contributed by atoms with van der Waals surface area (Å²) in [4.78, 5) is 27.4. The predicted octanol–water partition coefficient (Wildman–Crippen LogP) is 2.41. The van der Waals surface area contributed by atoms with Crippen LogP contribution in [-0.4, -0.2) is 33.7 Å². The molecule has 3 rings (SSSR count). The van der Waals surface area contributed by atoms with Gasteiger partial charge < -0.3 is 15.5 Å². The largest absolute Gasteiger partial charge is 0.478 e. The van der Waals surface area contributed by atoms with Crippen LogP contribution in [0.5, 0.6) is 0 Å². The van der Waals surface area contributed by atoms with Crippen LogP contribution in [0, 0.1) is 5.41 Å². The van der Waals surface area contributed by atoms with Gasteiger partial charge in [-0.15, -0.1) is 0 Å². The second-order valence-corrected chi connectivity index (χ2v) is 6.43. The number of hydrogen-bond donors (Lipinski definition) is 3. The summed E-state index contributed by atoms with van der Waals surface area (Å²) in [6.45, 7) is -0.00176. The third-order valence-electron chi connectivity index (χ3n) is 4.93. The van der Waals surface area contributed by atoms with Crippen LogP contribution in [-0.2, 0) is 0 Å². The number of carboxylic acid groups (broad SMARTS) is 1. The molecule has 1 aromatic carbocycles. The van der Waals surface area contributed by atoms with E-state index in [9.17, 15) is 14.7 Å². The fraction of sp³-hybridized carbons (Fsp3) is 0.316. The van der Waals surface area contributed by atoms with Crippen LogP contribution in [0.25, 0.3) is 0 Å². The molecular weight excluding hydrogens is 320 g/mol. The molecule has 1 atom stereocenters. The molecule has 0 saturated heterocycles. The average Bonchev–Trinajstić information content (AvgIpc) is 2.61. The number of carbonyl (C=O) groups is 2. The number of aliphatic hydroxyl groups is 1. The molecule has 2 aromatic rings. The lowest BCUT2D eigenvalue weighted by Crippen LogP contribution is -2.47. The number of aromatic carboxylic acids is 1. The Labute approximate surface area is 145 Å². The first-order valence-electron chi connectivity index (χ1n) is 8.22. The van der Waals surface area contributed by atoms with Gasteiger partial charge in [-0.2, -0.15) is 0 Å². The Morgan fingerprint density at radius 2 is 1.88 bits per heavy atom. The number of aliphatic hydroxyl groups excluding tert-OH is 1. The van der Waals surface area contributed by atoms with E-state index < -0.39 is 5.97 Å². The lowest BCUT2D eigenvalue weighted by atomic mass is 9.63. The Kier molecular flexibility index (Phi) is 4.81. The van der Waals surface area contributed by atoms with Gasteiger partial charge in [0, 0.05) is 11.6 Å². The molecule has 1 saturated carbocycles. The third kappa shape index (κ3) is 3.39. The van der Waals surface area contributed by atoms with Gasteiger partial charge in [0.1, 0.15) is 5.69 Å². The second-order valence-electron chi connectivity index (χ2n) is 6.43. The first-order chi connectivity index (χ1) is 12.1. The number of amides is 1. The maximum absolute atomic E-state index is 12.6. The van der Waals surface area contributed by atoms with E-state index in [4.69, 9.17) is 5.11 Å². The van der Waals surface area contributed by atoms with Crippen molar-refractivity contribution in [1.82, 2.24) is 10.3 Å². The minimum absolute atomic E-state index is 0.00176. The molecule has 130 valence electrons. The zero-order valence-electron chi connectivity index (χ0n) is 13.7. The topological polar surface area (TPSA) is 99.5 Å². The zero-order chi connectivity index (χ0) is 17.9. The molecule has 0 radical (unpaired) electrons. The van der Waals surface area contributed by atoms with E-state index in [0.717, 1.165) is 24.8 Å². The Morgan fingerprint density at radius 3 is 2.36 bits per heavy atom. The fourth-order valence-electron chi connectivity index (χ4n) is 3.26. The highest BCUT2D eigenvalue weighted by atomic mass is 16.4. The summed E-state index contributed by atoms with van der Waals surface area (Å²) in [5, 5.41) is 21.8. The molecule has 1 fully saturated rings. The number of nitrogens with zero attached hydrogens (tertiary/aromatic N) is 1. The summed E-state index contributed by atoms with van der Waals surface area (Å²) >= 11 is 0. The highest BCUT2D eigenvalue weighted by Gasteiger charge is 2.45. The predicted molar refractivity (Wildman–Crippen MR) is 91.2 cm³/mol. The van der Waals surface area contributed by atoms with E-state index in [1.165, 1.54) is 18.3 Å². The first-order valence-corrected chi connectivity index (χ1v) is 8.22. The van der Waals surface area contributed by atoms with E-state index in [1.807, 2.05) is 30.3 Å². The highest BCUT2D eigenvalue weighted by molar-refractivity contribution is 5.94. The van der Waals surface area contributed by atoms with Gasteiger partial charge in [-0.25, -0.2) is 4.79 Å². The molecule has 6 heteroatoms. The van der Waals surface area contributed by atoms with Gasteiger partial charge >= 0.3 is 5.97 Å². The SMILES string of the molecule is O=C(O)c1ccc(C(=O)NC(c2ccccc2)C2(CO)CCC2)nc1. The summed E-state index contributed by atoms with van der Waals surface area (Å²) in [6, 6.07) is 12.0. The van der Waals surface area contributed by atoms with Gasteiger partial charge in [0.25, 0.3) is 5.91 Å². The Bertz CT molecular complexity index is 749. The van der Waals surface area contributed by atoms with Crippen molar-refractivity contribution in [2.45, 2.75) is 25.3 Å². The Hall–Kier alpha value is -2.73. The number of hydrogen-bond acceptors (Lipinski definition) is 4. The molecule has 0 spiro atoms. The molecule has 1 unspecified atom stereocenters. The molecule has 25 heavy (non-hydrogen) atoms. The average molecular weight is 340 g/mol. The van der Waals surface area contributed by atoms with Crippen molar-refractivity contribution in [2.24, 2.45) is 5.41 Å². The number of nitrogens with one attached hydrogen (secondary N) is 1. The monoisotopic (exact) mass is 340 g/mol. The van der Waals surface area contributed by atoms with Crippen LogP contribution >= 0.6 is 0 Å². The van der Waals surface area contributed by atoms with Crippen LogP contribution < -0.4 is 5.32 Å². The van der Waals surface area contributed by atoms with Crippen molar-refractivity contribution >= 4 is 11.9 Å². The molecular formula is C19H20N2O4. The second kappa shape index (κ2) is 7.03. The first kappa shape index (κ1) is 17.1. The Morgan fingerprint density at radius 1 is 1.16 bits per heavy atom. The van der Waals surface area contributed by atoms with Crippen LogP contribution in [0.15, 0.2) is 48.7 Å². The van der Waals surface area contributed by atoms with E-state index >= 15 is 0 Å². The highest BCUT2D eigenvalue weighted by Crippen LogP contribution is 2.49. The summed E-state index contributed by atoms with van der Waals surface area (Å²) in [7, 11) is 0. The Balaban J connectivity index is 1.85. The number of carboxylic acids is 1. The van der Waals surface area contributed by atoms with Gasteiger partial charge in [0.15, 0.2) is 0 Å². The molecule has 0 bridgehead atoms. The molecule has 0 aliphatic heterocycles. The zero-order valence-corrected chi connectivity index (χ0v) is 13.7. The molecule has 6 nitrogen and oxygen atoms in total. The molecule has 1 heterocycles. The van der Waals surface area contributed by atoms with E-state index in [-0.39, 0.29) is 35.2 Å². The maximum Gasteiger partial charge on any atom is 0.337 e. The van der Waals surface area contributed by atoms with Crippen molar-refractivity contribution < 1.29 is 19.8 Å². The van der Waals surface area contributed by atoms with Crippen LogP contribution in [0.3, 0.4) is 0 Å². The van der Waals surface area contributed by atoms with Crippen LogP contribution in [0.4, 0.5) is 0 Å². The minimum atomic E-state index is -1.09. The van der Waals surface area contributed by atoms with Crippen LogP contribution in [0.2, 0.25) is 0 Å². The maximum atomic E-state index is 12.6. The summed E-state index contributed by atoms with van der Waals surface area (Å²) in [5.74, 6) is -1.47. The van der Waals surface area contributed by atoms with Gasteiger partial charge in [0.2, 0.25) is 0 Å². The molecule has 3 N–H and O–H groups in total. The number of rotatable bonds is 6. The summed E-state index contributed by atoms with van der Waals surface area (Å²) < 4.78 is 0. The number of benzene rings is 1. The summed E-state index contributed by atoms with van der Waals surface area (Å²) in [5.41, 5.74) is 0.755.